The molecular weight excluding hydrogens is 180 g/mol. The molecule has 0 aromatic heterocycles. The molecule has 0 fully saturated rings. The Morgan fingerprint density at radius 2 is 2.43 bits per heavy atom. The van der Waals surface area contributed by atoms with Crippen LogP contribution in [0.25, 0.3) is 0 Å². The molecule has 2 rings (SSSR count). The number of benzene rings is 1. The molecular formula is C11H12O3. The fourth-order valence-corrected chi connectivity index (χ4v) is 1.63. The first-order chi connectivity index (χ1) is 6.90. The van der Waals surface area contributed by atoms with Gasteiger partial charge in [-0.1, -0.05) is 6.07 Å². The van der Waals surface area contributed by atoms with Crippen LogP contribution in [-0.4, -0.2) is 13.1 Å². The van der Waals surface area contributed by atoms with Gasteiger partial charge in [-0.3, -0.25) is 4.79 Å². The summed E-state index contributed by atoms with van der Waals surface area (Å²) in [6, 6.07) is 5.91. The van der Waals surface area contributed by atoms with Crippen molar-refractivity contribution in [1.82, 2.24) is 0 Å². The lowest BCUT2D eigenvalue weighted by Gasteiger charge is -2.17. The third-order valence-electron chi connectivity index (χ3n) is 2.29. The highest BCUT2D eigenvalue weighted by atomic mass is 16.5. The van der Waals surface area contributed by atoms with Crippen LogP contribution in [0.4, 0.5) is 0 Å². The molecule has 1 aromatic rings. The van der Waals surface area contributed by atoms with E-state index < -0.39 is 0 Å². The first kappa shape index (κ1) is 9.06. The van der Waals surface area contributed by atoms with Gasteiger partial charge in [0.15, 0.2) is 0 Å². The zero-order chi connectivity index (χ0) is 9.80. The summed E-state index contributed by atoms with van der Waals surface area (Å²) in [5, 5.41) is 0. The summed E-state index contributed by atoms with van der Waals surface area (Å²) in [4.78, 5) is 10.0. The van der Waals surface area contributed by atoms with Gasteiger partial charge in [0.1, 0.15) is 12.4 Å². The maximum absolute atomic E-state index is 10.0. The Morgan fingerprint density at radius 1 is 1.50 bits per heavy atom. The van der Waals surface area contributed by atoms with Crippen molar-refractivity contribution in [3.05, 3.63) is 29.3 Å². The second-order valence-corrected chi connectivity index (χ2v) is 3.30. The van der Waals surface area contributed by atoms with Crippen molar-refractivity contribution in [3.8, 4) is 5.75 Å². The lowest BCUT2D eigenvalue weighted by Crippen LogP contribution is -2.08. The van der Waals surface area contributed by atoms with Gasteiger partial charge in [-0.25, -0.2) is 0 Å². The highest BCUT2D eigenvalue weighted by Crippen LogP contribution is 2.25. The molecule has 0 bridgehead atoms. The molecule has 1 aromatic carbocycles. The first-order valence-electron chi connectivity index (χ1n) is 4.70. The normalized spacial score (nSPS) is 14.0. The summed E-state index contributed by atoms with van der Waals surface area (Å²) in [5.74, 6) is 0.964. The molecule has 3 nitrogen and oxygen atoms in total. The molecule has 1 aliphatic heterocycles. The number of rotatable bonds is 3. The Balaban J connectivity index is 2.16. The van der Waals surface area contributed by atoms with E-state index in [1.54, 1.807) is 0 Å². The lowest BCUT2D eigenvalue weighted by molar-refractivity contribution is -0.129. The van der Waals surface area contributed by atoms with E-state index in [0.717, 1.165) is 30.8 Å². The largest absolute Gasteiger partial charge is 0.493 e. The number of hydrogen-bond acceptors (Lipinski definition) is 3. The molecule has 3 heteroatoms. The average Bonchev–Trinajstić information content (AvgIpc) is 2.26. The molecule has 0 saturated carbocycles. The SMILES string of the molecule is O=COCc1ccc2c(c1)CCCO2. The van der Waals surface area contributed by atoms with Gasteiger partial charge >= 0.3 is 0 Å². The summed E-state index contributed by atoms with van der Waals surface area (Å²) >= 11 is 0. The summed E-state index contributed by atoms with van der Waals surface area (Å²) < 4.78 is 10.2. The molecule has 0 atom stereocenters. The molecule has 0 saturated heterocycles. The average molecular weight is 192 g/mol. The van der Waals surface area contributed by atoms with E-state index in [2.05, 4.69) is 4.74 Å². The smallest absolute Gasteiger partial charge is 0.293 e. The summed E-state index contributed by atoms with van der Waals surface area (Å²) in [5.41, 5.74) is 2.23. The standard InChI is InChI=1S/C11H12O3/c12-8-13-7-9-3-4-11-10(6-9)2-1-5-14-11/h3-4,6,8H,1-2,5,7H2. The molecule has 0 aliphatic carbocycles. The second-order valence-electron chi connectivity index (χ2n) is 3.30. The van der Waals surface area contributed by atoms with Crippen molar-refractivity contribution < 1.29 is 14.3 Å². The molecule has 1 aliphatic rings. The van der Waals surface area contributed by atoms with E-state index in [-0.39, 0.29) is 0 Å². The number of fused-ring (bicyclic) bond motifs is 1. The van der Waals surface area contributed by atoms with E-state index in [0.29, 0.717) is 13.1 Å². The van der Waals surface area contributed by atoms with Gasteiger partial charge < -0.3 is 9.47 Å². The minimum absolute atomic E-state index is 0.344. The summed E-state index contributed by atoms with van der Waals surface area (Å²) in [7, 11) is 0. The molecule has 14 heavy (non-hydrogen) atoms. The number of ether oxygens (including phenoxy) is 2. The van der Waals surface area contributed by atoms with Crippen molar-refractivity contribution in [2.24, 2.45) is 0 Å². The number of hydrogen-bond donors (Lipinski definition) is 0. The molecule has 0 N–H and O–H groups in total. The van der Waals surface area contributed by atoms with E-state index in [1.807, 2.05) is 18.2 Å². The van der Waals surface area contributed by atoms with Crippen molar-refractivity contribution in [2.75, 3.05) is 6.61 Å². The van der Waals surface area contributed by atoms with Crippen LogP contribution in [0.5, 0.6) is 5.75 Å². The van der Waals surface area contributed by atoms with E-state index in [4.69, 9.17) is 4.74 Å². The maximum Gasteiger partial charge on any atom is 0.293 e. The van der Waals surface area contributed by atoms with Crippen LogP contribution in [0.15, 0.2) is 18.2 Å². The highest BCUT2D eigenvalue weighted by molar-refractivity contribution is 5.40. The number of carbonyl (C=O) groups is 1. The molecule has 0 amide bonds. The fourth-order valence-electron chi connectivity index (χ4n) is 1.63. The van der Waals surface area contributed by atoms with Crippen LogP contribution >= 0.6 is 0 Å². The Hall–Kier alpha value is -1.51. The van der Waals surface area contributed by atoms with Crippen molar-refractivity contribution in [3.63, 3.8) is 0 Å². The van der Waals surface area contributed by atoms with Crippen LogP contribution in [0, 0.1) is 0 Å². The van der Waals surface area contributed by atoms with Gasteiger partial charge in [-0.2, -0.15) is 0 Å². The number of carbonyl (C=O) groups excluding carboxylic acids is 1. The van der Waals surface area contributed by atoms with Crippen molar-refractivity contribution >= 4 is 6.47 Å². The molecule has 1 heterocycles. The zero-order valence-electron chi connectivity index (χ0n) is 7.86. The summed E-state index contributed by atoms with van der Waals surface area (Å²) in [6.07, 6.45) is 2.11. The van der Waals surface area contributed by atoms with Crippen LogP contribution in [0.2, 0.25) is 0 Å². The third kappa shape index (κ3) is 1.87. The monoisotopic (exact) mass is 192 g/mol. The Labute approximate surface area is 82.6 Å². The van der Waals surface area contributed by atoms with Gasteiger partial charge in [0.25, 0.3) is 6.47 Å². The minimum Gasteiger partial charge on any atom is -0.493 e. The lowest BCUT2D eigenvalue weighted by atomic mass is 10.0. The topological polar surface area (TPSA) is 35.5 Å². The van der Waals surface area contributed by atoms with Crippen LogP contribution < -0.4 is 4.74 Å². The van der Waals surface area contributed by atoms with Gasteiger partial charge in [0.2, 0.25) is 0 Å². The van der Waals surface area contributed by atoms with E-state index in [9.17, 15) is 4.79 Å². The minimum atomic E-state index is 0.344. The van der Waals surface area contributed by atoms with Gasteiger partial charge in [0, 0.05) is 0 Å². The fraction of sp³-hybridized carbons (Fsp3) is 0.364. The van der Waals surface area contributed by atoms with Crippen LogP contribution in [0.1, 0.15) is 17.5 Å². The summed E-state index contributed by atoms with van der Waals surface area (Å²) in [6.45, 7) is 1.61. The van der Waals surface area contributed by atoms with Gasteiger partial charge in [-0.05, 0) is 36.1 Å². The zero-order valence-corrected chi connectivity index (χ0v) is 7.86. The van der Waals surface area contributed by atoms with Crippen molar-refractivity contribution in [2.45, 2.75) is 19.4 Å². The first-order valence-corrected chi connectivity index (χ1v) is 4.70. The van der Waals surface area contributed by atoms with E-state index >= 15 is 0 Å². The molecule has 74 valence electrons. The van der Waals surface area contributed by atoms with Gasteiger partial charge in [-0.15, -0.1) is 0 Å². The Morgan fingerprint density at radius 3 is 3.29 bits per heavy atom. The Bertz CT molecular complexity index is 333. The third-order valence-corrected chi connectivity index (χ3v) is 2.29. The molecule has 0 unspecified atom stereocenters. The molecule has 0 spiro atoms. The van der Waals surface area contributed by atoms with Crippen LogP contribution in [0.3, 0.4) is 0 Å². The van der Waals surface area contributed by atoms with Gasteiger partial charge in [0.05, 0.1) is 6.61 Å². The Kier molecular flexibility index (Phi) is 2.68. The van der Waals surface area contributed by atoms with Crippen LogP contribution in [-0.2, 0) is 22.6 Å². The predicted molar refractivity (Wildman–Crippen MR) is 51.1 cm³/mol. The molecule has 0 radical (unpaired) electrons. The quantitative estimate of drug-likeness (QED) is 0.683. The second kappa shape index (κ2) is 4.13. The van der Waals surface area contributed by atoms with E-state index in [1.165, 1.54) is 5.56 Å². The predicted octanol–water partition coefficient (Wildman–Crippen LogP) is 1.68. The number of aryl methyl sites for hydroxylation is 1. The highest BCUT2D eigenvalue weighted by Gasteiger charge is 2.10. The van der Waals surface area contributed by atoms with Crippen molar-refractivity contribution in [1.29, 1.82) is 0 Å². The maximum atomic E-state index is 10.0.